The number of hydrogen-bond donors (Lipinski definition) is 1. The van der Waals surface area contributed by atoms with E-state index in [1.54, 1.807) is 0 Å². The molecule has 48 valence electrons. The van der Waals surface area contributed by atoms with Crippen molar-refractivity contribution in [1.82, 2.24) is 0 Å². The Labute approximate surface area is 57.9 Å². The minimum absolute atomic E-state index is 0.106. The SMILES string of the molecule is CC(=O)O.[Cl][Pd][Cl]. The summed E-state index contributed by atoms with van der Waals surface area (Å²) in [5.41, 5.74) is 0. The van der Waals surface area contributed by atoms with E-state index in [2.05, 4.69) is 0 Å². The van der Waals surface area contributed by atoms with Crippen LogP contribution < -0.4 is 0 Å². The van der Waals surface area contributed by atoms with Gasteiger partial charge in [0.15, 0.2) is 0 Å². The Morgan fingerprint density at radius 2 is 1.71 bits per heavy atom. The number of halogens is 2. The fraction of sp³-hybridized carbons (Fsp3) is 0.500. The predicted molar refractivity (Wildman–Crippen MR) is 25.0 cm³/mol. The van der Waals surface area contributed by atoms with E-state index in [-0.39, 0.29) is 15.9 Å². The molecule has 0 aromatic heterocycles. The molecule has 0 saturated carbocycles. The second-order valence-corrected chi connectivity index (χ2v) is 2.92. The first-order chi connectivity index (χ1) is 3.15. The summed E-state index contributed by atoms with van der Waals surface area (Å²) in [6.07, 6.45) is 0. The average Bonchev–Trinajstić information content (AvgIpc) is 1.33. The van der Waals surface area contributed by atoms with Crippen LogP contribution in [-0.2, 0) is 20.7 Å². The number of hydrogen-bond acceptors (Lipinski definition) is 1. The Hall–Kier alpha value is 0.712. The fourth-order valence-corrected chi connectivity index (χ4v) is 0. The van der Waals surface area contributed by atoms with Gasteiger partial charge in [-0.3, -0.25) is 4.79 Å². The van der Waals surface area contributed by atoms with Crippen molar-refractivity contribution in [3.05, 3.63) is 0 Å². The van der Waals surface area contributed by atoms with Gasteiger partial charge in [0.25, 0.3) is 5.97 Å². The summed E-state index contributed by atoms with van der Waals surface area (Å²) in [4.78, 5) is 9.00. The summed E-state index contributed by atoms with van der Waals surface area (Å²) in [5, 5.41) is 7.42. The van der Waals surface area contributed by atoms with Crippen LogP contribution in [-0.4, -0.2) is 11.1 Å². The van der Waals surface area contributed by atoms with Crippen molar-refractivity contribution in [2.45, 2.75) is 6.92 Å². The number of carbonyl (C=O) groups is 1. The van der Waals surface area contributed by atoms with Crippen LogP contribution in [0.2, 0.25) is 0 Å². The van der Waals surface area contributed by atoms with Crippen molar-refractivity contribution in [2.75, 3.05) is 0 Å². The molecule has 0 saturated heterocycles. The third-order valence-electron chi connectivity index (χ3n) is 0. The molecule has 7 heavy (non-hydrogen) atoms. The van der Waals surface area contributed by atoms with Gasteiger partial charge < -0.3 is 5.11 Å². The minimum atomic E-state index is -0.833. The van der Waals surface area contributed by atoms with Crippen LogP contribution in [0.25, 0.3) is 0 Å². The summed E-state index contributed by atoms with van der Waals surface area (Å²) in [6, 6.07) is 0. The van der Waals surface area contributed by atoms with E-state index in [4.69, 9.17) is 29.0 Å². The maximum absolute atomic E-state index is 9.00. The van der Waals surface area contributed by atoms with Gasteiger partial charge in [0.05, 0.1) is 0 Å². The van der Waals surface area contributed by atoms with Crippen LogP contribution in [0.5, 0.6) is 0 Å². The molecule has 0 unspecified atom stereocenters. The van der Waals surface area contributed by atoms with Crippen molar-refractivity contribution >= 4 is 25.0 Å². The molecule has 2 nitrogen and oxygen atoms in total. The van der Waals surface area contributed by atoms with Gasteiger partial charge in [-0.05, 0) is 0 Å². The second-order valence-electron chi connectivity index (χ2n) is 0.564. The van der Waals surface area contributed by atoms with Crippen molar-refractivity contribution < 1.29 is 25.8 Å². The third kappa shape index (κ3) is 294. The fourth-order valence-electron chi connectivity index (χ4n) is 0. The van der Waals surface area contributed by atoms with Crippen LogP contribution in [0.3, 0.4) is 0 Å². The van der Waals surface area contributed by atoms with E-state index in [0.29, 0.717) is 0 Å². The standard InChI is InChI=1S/C2H4O2.2ClH.Pd/c1-2(3)4;;;/h1H3,(H,3,4);2*1H;/q;;;+2/p-2. The average molecular weight is 237 g/mol. The molecule has 0 aliphatic rings. The van der Waals surface area contributed by atoms with Gasteiger partial charge in [-0.1, -0.05) is 0 Å². The molecular formula is C2H4Cl2O2Pd. The van der Waals surface area contributed by atoms with Gasteiger partial charge in [-0.15, -0.1) is 0 Å². The molecule has 0 heterocycles. The van der Waals surface area contributed by atoms with Crippen molar-refractivity contribution in [2.24, 2.45) is 0 Å². The molecule has 0 atom stereocenters. The summed E-state index contributed by atoms with van der Waals surface area (Å²) < 4.78 is 0. The van der Waals surface area contributed by atoms with Crippen molar-refractivity contribution in [3.8, 4) is 0 Å². The molecule has 0 rings (SSSR count). The zero-order chi connectivity index (χ0) is 6.28. The summed E-state index contributed by atoms with van der Waals surface area (Å²) >= 11 is -0.106. The predicted octanol–water partition coefficient (Wildman–Crippen LogP) is 1.47. The van der Waals surface area contributed by atoms with Crippen LogP contribution in [0, 0.1) is 0 Å². The van der Waals surface area contributed by atoms with E-state index in [1.807, 2.05) is 0 Å². The topological polar surface area (TPSA) is 37.3 Å². The zero-order valence-electron chi connectivity index (χ0n) is 3.43. The Balaban J connectivity index is 0. The molecule has 0 fully saturated rings. The molecule has 0 aliphatic carbocycles. The Morgan fingerprint density at radius 1 is 1.71 bits per heavy atom. The van der Waals surface area contributed by atoms with Gasteiger partial charge >= 0.3 is 35.0 Å². The van der Waals surface area contributed by atoms with Gasteiger partial charge in [-0.2, -0.15) is 0 Å². The Kier molecular flexibility index (Phi) is 15.0. The first-order valence-electron chi connectivity index (χ1n) is 1.17. The first-order valence-corrected chi connectivity index (χ1v) is 5.17. The molecule has 0 bridgehead atoms. The number of rotatable bonds is 0. The molecule has 0 aliphatic heterocycles. The summed E-state index contributed by atoms with van der Waals surface area (Å²) in [7, 11) is 9.63. The number of carboxylic acid groups (broad SMARTS) is 1. The van der Waals surface area contributed by atoms with Crippen molar-refractivity contribution in [1.29, 1.82) is 0 Å². The van der Waals surface area contributed by atoms with Crippen LogP contribution in [0.4, 0.5) is 0 Å². The molecule has 1 N–H and O–H groups in total. The Morgan fingerprint density at radius 3 is 1.71 bits per heavy atom. The molecule has 5 heteroatoms. The molecule has 0 amide bonds. The molecular weight excluding hydrogens is 233 g/mol. The van der Waals surface area contributed by atoms with Gasteiger partial charge in [-0.25, -0.2) is 0 Å². The quantitative estimate of drug-likeness (QED) is 0.648. The first kappa shape index (κ1) is 10.6. The maximum atomic E-state index is 9.00. The van der Waals surface area contributed by atoms with E-state index < -0.39 is 5.97 Å². The molecule has 0 aromatic carbocycles. The number of aliphatic carboxylic acids is 1. The normalized spacial score (nSPS) is 6.71. The van der Waals surface area contributed by atoms with Crippen molar-refractivity contribution in [3.63, 3.8) is 0 Å². The van der Waals surface area contributed by atoms with Gasteiger partial charge in [0.1, 0.15) is 0 Å². The summed E-state index contributed by atoms with van der Waals surface area (Å²) in [5.74, 6) is -0.833. The van der Waals surface area contributed by atoms with E-state index in [0.717, 1.165) is 6.92 Å². The van der Waals surface area contributed by atoms with Crippen LogP contribution in [0.15, 0.2) is 0 Å². The zero-order valence-corrected chi connectivity index (χ0v) is 6.49. The van der Waals surface area contributed by atoms with Gasteiger partial charge in [0, 0.05) is 6.92 Å². The second kappa shape index (κ2) is 9.86. The van der Waals surface area contributed by atoms with Gasteiger partial charge in [0.2, 0.25) is 0 Å². The van der Waals surface area contributed by atoms with Crippen LogP contribution >= 0.6 is 19.1 Å². The molecule has 0 aromatic rings. The summed E-state index contributed by atoms with van der Waals surface area (Å²) in [6.45, 7) is 1.08. The van der Waals surface area contributed by atoms with Crippen LogP contribution in [0.1, 0.15) is 6.92 Å². The Bertz CT molecular complexity index is 45.0. The third-order valence-corrected chi connectivity index (χ3v) is 0. The number of carboxylic acids is 1. The van der Waals surface area contributed by atoms with E-state index >= 15 is 0 Å². The van der Waals surface area contributed by atoms with E-state index in [9.17, 15) is 0 Å². The molecule has 0 spiro atoms. The monoisotopic (exact) mass is 236 g/mol. The van der Waals surface area contributed by atoms with E-state index in [1.165, 1.54) is 0 Å². The molecule has 0 radical (unpaired) electrons.